The van der Waals surface area contributed by atoms with Crippen LogP contribution in [-0.2, 0) is 16.6 Å². The summed E-state index contributed by atoms with van der Waals surface area (Å²) in [5.74, 6) is 0. The minimum atomic E-state index is -3.24. The lowest BCUT2D eigenvalue weighted by atomic mass is 10.1. The summed E-state index contributed by atoms with van der Waals surface area (Å²) in [6.45, 7) is 3.50. The molecule has 1 saturated heterocycles. The second kappa shape index (κ2) is 8.30. The fourth-order valence-electron chi connectivity index (χ4n) is 3.49. The van der Waals surface area contributed by atoms with Gasteiger partial charge in [0.2, 0.25) is 10.0 Å². The van der Waals surface area contributed by atoms with Crippen LogP contribution < -0.4 is 4.90 Å². The van der Waals surface area contributed by atoms with Crippen molar-refractivity contribution in [2.75, 3.05) is 24.2 Å². The molecule has 5 nitrogen and oxygen atoms in total. The summed E-state index contributed by atoms with van der Waals surface area (Å²) in [6, 6.07) is 13.2. The van der Waals surface area contributed by atoms with Crippen molar-refractivity contribution in [3.8, 4) is 6.07 Å². The van der Waals surface area contributed by atoms with Gasteiger partial charge in [-0.1, -0.05) is 29.3 Å². The van der Waals surface area contributed by atoms with Crippen molar-refractivity contribution in [1.82, 2.24) is 4.31 Å². The molecule has 2 aromatic rings. The van der Waals surface area contributed by atoms with Crippen molar-refractivity contribution in [2.24, 2.45) is 0 Å². The summed E-state index contributed by atoms with van der Waals surface area (Å²) < 4.78 is 25.4. The highest BCUT2D eigenvalue weighted by Gasteiger charge is 2.33. The van der Waals surface area contributed by atoms with Crippen LogP contribution >= 0.6 is 23.2 Å². The van der Waals surface area contributed by atoms with Crippen LogP contribution in [0.3, 0.4) is 0 Å². The van der Waals surface area contributed by atoms with E-state index in [9.17, 15) is 8.42 Å². The van der Waals surface area contributed by atoms with E-state index >= 15 is 0 Å². The summed E-state index contributed by atoms with van der Waals surface area (Å²) in [4.78, 5) is 2.16. The van der Waals surface area contributed by atoms with Crippen LogP contribution in [0.1, 0.15) is 23.1 Å². The van der Waals surface area contributed by atoms with Crippen LogP contribution in [0.4, 0.5) is 5.69 Å². The van der Waals surface area contributed by atoms with Gasteiger partial charge in [0, 0.05) is 36.4 Å². The van der Waals surface area contributed by atoms with Gasteiger partial charge >= 0.3 is 0 Å². The number of hydrogen-bond donors (Lipinski definition) is 0. The molecule has 3 rings (SSSR count). The minimum absolute atomic E-state index is 0.00815. The lowest BCUT2D eigenvalue weighted by Crippen LogP contribution is -2.38. The maximum atomic E-state index is 12.0. The SMILES string of the molecule is Cc1cc(Cl)ccc1CN(c1ccc(C#N)c(Cl)c1)[C@H]1CCN(S(C)(=O)=O)C1. The first kappa shape index (κ1) is 20.9. The molecule has 8 heteroatoms. The maximum Gasteiger partial charge on any atom is 0.211 e. The fraction of sp³-hybridized carbons (Fsp3) is 0.350. The molecule has 28 heavy (non-hydrogen) atoms. The molecule has 148 valence electrons. The number of sulfonamides is 1. The van der Waals surface area contributed by atoms with Gasteiger partial charge in [-0.2, -0.15) is 5.26 Å². The van der Waals surface area contributed by atoms with Crippen LogP contribution in [-0.4, -0.2) is 38.1 Å². The van der Waals surface area contributed by atoms with Crippen LogP contribution in [0.25, 0.3) is 0 Å². The molecular formula is C20H21Cl2N3O2S. The van der Waals surface area contributed by atoms with E-state index in [0.717, 1.165) is 23.2 Å². The van der Waals surface area contributed by atoms with Gasteiger partial charge in [-0.05, 0) is 54.8 Å². The predicted octanol–water partition coefficient (Wildman–Crippen LogP) is 4.21. The Balaban J connectivity index is 1.97. The first-order valence-electron chi connectivity index (χ1n) is 8.85. The third-order valence-corrected chi connectivity index (χ3v) is 6.90. The Labute approximate surface area is 176 Å². The van der Waals surface area contributed by atoms with E-state index in [1.54, 1.807) is 12.1 Å². The van der Waals surface area contributed by atoms with Gasteiger partial charge in [-0.25, -0.2) is 12.7 Å². The Morgan fingerprint density at radius 2 is 2.00 bits per heavy atom. The van der Waals surface area contributed by atoms with E-state index in [4.69, 9.17) is 28.5 Å². The second-order valence-corrected chi connectivity index (χ2v) is 9.86. The smallest absolute Gasteiger partial charge is 0.211 e. The summed E-state index contributed by atoms with van der Waals surface area (Å²) in [6.07, 6.45) is 1.96. The molecule has 0 aliphatic carbocycles. The van der Waals surface area contributed by atoms with Crippen molar-refractivity contribution in [1.29, 1.82) is 5.26 Å². The zero-order valence-electron chi connectivity index (χ0n) is 15.7. The first-order valence-corrected chi connectivity index (χ1v) is 11.5. The number of anilines is 1. The molecule has 0 bridgehead atoms. The zero-order valence-corrected chi connectivity index (χ0v) is 18.0. The van der Waals surface area contributed by atoms with Crippen molar-refractivity contribution < 1.29 is 8.42 Å². The van der Waals surface area contributed by atoms with E-state index in [1.165, 1.54) is 10.6 Å². The quantitative estimate of drug-likeness (QED) is 0.702. The molecule has 0 spiro atoms. The van der Waals surface area contributed by atoms with E-state index in [-0.39, 0.29) is 6.04 Å². The van der Waals surface area contributed by atoms with E-state index in [2.05, 4.69) is 11.0 Å². The van der Waals surface area contributed by atoms with E-state index in [1.807, 2.05) is 31.2 Å². The normalized spacial score (nSPS) is 17.5. The zero-order chi connectivity index (χ0) is 20.5. The third kappa shape index (κ3) is 4.61. The summed E-state index contributed by atoms with van der Waals surface area (Å²) in [7, 11) is -3.24. The Bertz CT molecular complexity index is 1030. The number of benzene rings is 2. The van der Waals surface area contributed by atoms with Crippen molar-refractivity contribution in [3.63, 3.8) is 0 Å². The van der Waals surface area contributed by atoms with Gasteiger partial charge in [0.05, 0.1) is 16.8 Å². The van der Waals surface area contributed by atoms with Gasteiger partial charge in [0.1, 0.15) is 6.07 Å². The van der Waals surface area contributed by atoms with Crippen LogP contribution in [0.2, 0.25) is 10.0 Å². The number of nitriles is 1. The first-order chi connectivity index (χ1) is 13.2. The van der Waals surface area contributed by atoms with E-state index in [0.29, 0.717) is 35.2 Å². The summed E-state index contributed by atoms with van der Waals surface area (Å²) in [5.41, 5.74) is 3.44. The Morgan fingerprint density at radius 3 is 2.57 bits per heavy atom. The molecule has 0 unspecified atom stereocenters. The van der Waals surface area contributed by atoms with Crippen LogP contribution in [0.5, 0.6) is 0 Å². The molecule has 0 radical (unpaired) electrons. The average molecular weight is 438 g/mol. The van der Waals surface area contributed by atoms with Crippen molar-refractivity contribution >= 4 is 38.9 Å². The molecule has 0 aromatic heterocycles. The van der Waals surface area contributed by atoms with Gasteiger partial charge in [0.15, 0.2) is 0 Å². The number of hydrogen-bond acceptors (Lipinski definition) is 4. The third-order valence-electron chi connectivity index (χ3n) is 5.09. The minimum Gasteiger partial charge on any atom is -0.363 e. The predicted molar refractivity (Wildman–Crippen MR) is 113 cm³/mol. The van der Waals surface area contributed by atoms with Crippen LogP contribution in [0, 0.1) is 18.3 Å². The largest absolute Gasteiger partial charge is 0.363 e. The lowest BCUT2D eigenvalue weighted by molar-refractivity contribution is 0.473. The molecular weight excluding hydrogens is 417 g/mol. The molecule has 1 heterocycles. The Kier molecular flexibility index (Phi) is 6.21. The topological polar surface area (TPSA) is 64.4 Å². The van der Waals surface area contributed by atoms with Crippen molar-refractivity contribution in [2.45, 2.75) is 25.9 Å². The fourth-order valence-corrected chi connectivity index (χ4v) is 4.81. The molecule has 1 aliphatic heterocycles. The van der Waals surface area contributed by atoms with Gasteiger partial charge in [0.25, 0.3) is 0 Å². The molecule has 0 amide bonds. The number of rotatable bonds is 5. The highest BCUT2D eigenvalue weighted by Crippen LogP contribution is 2.30. The lowest BCUT2D eigenvalue weighted by Gasteiger charge is -2.32. The summed E-state index contributed by atoms with van der Waals surface area (Å²) >= 11 is 12.3. The highest BCUT2D eigenvalue weighted by molar-refractivity contribution is 7.88. The molecule has 1 fully saturated rings. The van der Waals surface area contributed by atoms with Gasteiger partial charge in [-0.15, -0.1) is 0 Å². The van der Waals surface area contributed by atoms with Gasteiger partial charge < -0.3 is 4.90 Å². The molecule has 2 aromatic carbocycles. The van der Waals surface area contributed by atoms with E-state index < -0.39 is 10.0 Å². The Hall–Kier alpha value is -1.78. The number of aryl methyl sites for hydroxylation is 1. The summed E-state index contributed by atoms with van der Waals surface area (Å²) in [5, 5.41) is 10.2. The average Bonchev–Trinajstić information content (AvgIpc) is 3.11. The van der Waals surface area contributed by atoms with Crippen molar-refractivity contribution in [3.05, 3.63) is 63.1 Å². The molecule has 1 aliphatic rings. The number of nitrogens with zero attached hydrogens (tertiary/aromatic N) is 3. The molecule has 0 N–H and O–H groups in total. The van der Waals surface area contributed by atoms with Gasteiger partial charge in [-0.3, -0.25) is 0 Å². The highest BCUT2D eigenvalue weighted by atomic mass is 35.5. The molecule has 1 atom stereocenters. The van der Waals surface area contributed by atoms with Crippen LogP contribution in [0.15, 0.2) is 36.4 Å². The monoisotopic (exact) mass is 437 g/mol. The standard InChI is InChI=1S/C20H21Cl2N3O2S/c1-14-9-17(21)5-3-16(14)12-25(18-6-4-15(11-23)20(22)10-18)19-7-8-24(13-19)28(2,26)27/h3-6,9-10,19H,7-8,12-13H2,1-2H3/t19-/m0/s1. The Morgan fingerprint density at radius 1 is 1.25 bits per heavy atom. The second-order valence-electron chi connectivity index (χ2n) is 7.04. The molecule has 0 saturated carbocycles. The number of halogens is 2. The maximum absolute atomic E-state index is 12.0.